The predicted octanol–water partition coefficient (Wildman–Crippen LogP) is 21.1. The molecule has 6 N–H and O–H groups in total. The number of carbonyl (C=O) groups is 2. The van der Waals surface area contributed by atoms with Gasteiger partial charge in [-0.25, -0.2) is 0 Å². The maximum Gasteiger partial charge on any atom is 0.185 e. The standard InChI is InChI=1S/C12H15N2O.2C11H10.C10H12O.2C7H8.C6H8N2.C6H7N.C6H8S.C4H11N3.3CH3.4Y/c1-9(15)8-11-4-2-10(3-5-11)6-7-12(13)14;1-9-5-4-7-10-6-2-3-8-11(9)10;1-9-6-7-10-4-2-3-5-11(10)8-9;1-9(11)7-8-10-5-3-2-4-6-10;2*1-7-5-3-2-4-6-7;1-5-3-8-6(2)4-7-5;1-6-2-4-7-5-3-6;1-5-3-4-7-6(5)2;1-2-3-7-4(5)6;;;;;;;/h2-5H,6-8H2,1H3,(H2-,13,14);2*2-8H,1H3;2-6H,7-8H2,1H3;2*2-6H,1H3;3-4H,1-2H3;2-5H,1H3;3-4H,1-2H3;2-3H2,1H3,(H4,5,6,7);3*1H3;;;;/q-1;;;;;;;;;;3*-1;;;;. The summed E-state index contributed by atoms with van der Waals surface area (Å²) >= 11 is 1.80. The third-order valence-electron chi connectivity index (χ3n) is 12.9. The van der Waals surface area contributed by atoms with Gasteiger partial charge >= 0.3 is 0 Å². The Balaban J connectivity index is -0.000000240. The number of ketones is 2. The van der Waals surface area contributed by atoms with Gasteiger partial charge in [0, 0.05) is 180 Å². The minimum absolute atomic E-state index is 0. The summed E-state index contributed by atoms with van der Waals surface area (Å²) in [5.74, 6) is 0.564. The Morgan fingerprint density at radius 1 is 0.469 bits per heavy atom. The van der Waals surface area contributed by atoms with E-state index < -0.39 is 0 Å². The number of aryl methyl sites for hydroxylation is 11. The number of pyridine rings is 1. The molecule has 10 nitrogen and oxygen atoms in total. The fraction of sp³-hybridized carbons (Fsp3) is 0.229. The second-order valence-electron chi connectivity index (χ2n) is 21.6. The van der Waals surface area contributed by atoms with Crippen molar-refractivity contribution >= 4 is 56.2 Å². The van der Waals surface area contributed by atoms with Gasteiger partial charge in [-0.1, -0.05) is 230 Å². The summed E-state index contributed by atoms with van der Waals surface area (Å²) in [6.45, 7) is 24.5. The Kier molecular flexibility index (Phi) is 68.8. The van der Waals surface area contributed by atoms with E-state index >= 15 is 0 Å². The number of Topliss-reactive ketones (excluding diaryl/α,β-unsaturated/α-hetero) is 2. The van der Waals surface area contributed by atoms with Gasteiger partial charge in [0.2, 0.25) is 0 Å². The zero-order chi connectivity index (χ0) is 67.0. The molecule has 512 valence electrons. The normalized spacial score (nSPS) is 8.78. The predicted molar refractivity (Wildman–Crippen MR) is 411 cm³/mol. The molecule has 11 rings (SSSR count). The van der Waals surface area contributed by atoms with E-state index in [2.05, 4.69) is 182 Å². The molecule has 98 heavy (non-hydrogen) atoms. The molecule has 11 aromatic rings. The van der Waals surface area contributed by atoms with Gasteiger partial charge in [0.05, 0.1) is 11.4 Å². The van der Waals surface area contributed by atoms with Crippen LogP contribution in [0, 0.1) is 90.0 Å². The summed E-state index contributed by atoms with van der Waals surface area (Å²) in [4.78, 5) is 38.5. The molecule has 0 aliphatic rings. The number of nitrogens with zero attached hydrogens (tertiary/aromatic N) is 4. The molecular weight excluding hydrogens is 1530 g/mol. The number of nitrogens with one attached hydrogen (secondary N) is 2. The van der Waals surface area contributed by atoms with E-state index in [4.69, 9.17) is 22.6 Å². The molecule has 0 bridgehead atoms. The van der Waals surface area contributed by atoms with Crippen LogP contribution in [-0.4, -0.2) is 44.9 Å². The summed E-state index contributed by atoms with van der Waals surface area (Å²) in [6.07, 6.45) is 11.3. The molecule has 0 saturated carbocycles. The van der Waals surface area contributed by atoms with E-state index in [1.165, 1.54) is 65.4 Å². The molecule has 0 atom stereocenters. The Bertz CT molecular complexity index is 3610. The van der Waals surface area contributed by atoms with Gasteiger partial charge in [0.25, 0.3) is 0 Å². The van der Waals surface area contributed by atoms with Crippen LogP contribution in [0.15, 0.2) is 254 Å². The fourth-order valence-electron chi connectivity index (χ4n) is 7.68. The number of fused-ring (bicyclic) bond motifs is 2. The first-order valence-electron chi connectivity index (χ1n) is 30.7. The summed E-state index contributed by atoms with van der Waals surface area (Å²) in [7, 11) is 0. The average molecular weight is 1640 g/mol. The molecule has 0 amide bonds. The van der Waals surface area contributed by atoms with Gasteiger partial charge in [0.15, 0.2) is 5.96 Å². The molecule has 0 aliphatic heterocycles. The maximum absolute atomic E-state index is 10.9. The first-order valence-corrected chi connectivity index (χ1v) is 31.5. The van der Waals surface area contributed by atoms with Crippen LogP contribution >= 0.6 is 11.3 Å². The minimum atomic E-state index is -0.0391. The van der Waals surface area contributed by atoms with Crippen molar-refractivity contribution < 1.29 is 140 Å². The number of rotatable bonds is 10. The first kappa shape index (κ1) is 104. The van der Waals surface area contributed by atoms with Crippen LogP contribution in [-0.2, 0) is 160 Å². The van der Waals surface area contributed by atoms with E-state index in [-0.39, 0.29) is 176 Å². The molecule has 8 aromatic carbocycles. The number of thiophene rings is 1. The van der Waals surface area contributed by atoms with Gasteiger partial charge in [-0.3, -0.25) is 24.7 Å². The molecular formula is C83H106N8O2SY4-4. The zero-order valence-electron chi connectivity index (χ0n) is 61.1. The Morgan fingerprint density at radius 2 is 0.908 bits per heavy atom. The first-order chi connectivity index (χ1) is 43.6. The summed E-state index contributed by atoms with van der Waals surface area (Å²) in [5, 5.41) is 14.4. The second kappa shape index (κ2) is 65.0. The molecule has 3 aromatic heterocycles. The number of hydrogen-bond acceptors (Lipinski definition) is 8. The smallest absolute Gasteiger partial charge is 0.185 e. The number of guanidine groups is 1. The number of hydrogen-bond donors (Lipinski definition) is 3. The van der Waals surface area contributed by atoms with Crippen LogP contribution in [0.2, 0.25) is 0 Å². The van der Waals surface area contributed by atoms with Crippen LogP contribution in [0.5, 0.6) is 0 Å². The van der Waals surface area contributed by atoms with Crippen LogP contribution in [0.3, 0.4) is 0 Å². The van der Waals surface area contributed by atoms with Crippen LogP contribution in [0.25, 0.3) is 27.3 Å². The van der Waals surface area contributed by atoms with Gasteiger partial charge in [-0.15, -0.1) is 11.3 Å². The summed E-state index contributed by atoms with van der Waals surface area (Å²) < 4.78 is 0. The zero-order valence-corrected chi connectivity index (χ0v) is 73.3. The number of nitrogens with two attached hydrogens (primary N) is 2. The molecule has 15 heteroatoms. The Morgan fingerprint density at radius 3 is 1.29 bits per heavy atom. The summed E-state index contributed by atoms with van der Waals surface area (Å²) in [6, 6.07) is 74.2. The quantitative estimate of drug-likeness (QED) is 0.0691. The maximum atomic E-state index is 10.9. The van der Waals surface area contributed by atoms with E-state index in [0.717, 1.165) is 48.3 Å². The monoisotopic (exact) mass is 1630 g/mol. The molecule has 0 spiro atoms. The van der Waals surface area contributed by atoms with Crippen molar-refractivity contribution in [2.75, 3.05) is 6.54 Å². The van der Waals surface area contributed by atoms with Crippen LogP contribution < -0.4 is 11.5 Å². The largest absolute Gasteiger partial charge is 0.486 e. The minimum Gasteiger partial charge on any atom is -0.486 e. The third kappa shape index (κ3) is 54.5. The molecule has 0 saturated heterocycles. The van der Waals surface area contributed by atoms with Crippen molar-refractivity contribution in [3.8, 4) is 0 Å². The average Bonchev–Trinajstić information content (AvgIpc) is 1.00. The van der Waals surface area contributed by atoms with Crippen molar-refractivity contribution in [3.05, 3.63) is 343 Å². The number of amidine groups is 1. The topological polar surface area (TPSA) is 185 Å². The van der Waals surface area contributed by atoms with Crippen LogP contribution in [0.1, 0.15) is 106 Å². The SMILES string of the molecule is CC(=O)CCc1ccccc1.CC(=O)Cc1ccc(CCC(=N)[NH-])cc1.CCCN=C(N)N.Cc1ccc2ccccc2c1.Cc1cccc2ccccc12.Cc1ccccc1.Cc1ccccc1.Cc1ccncc1.Cc1ccsc1C.Cc1cnc(C)cn1.[CH3-].[CH3-].[CH3-].[Y].[Y].[Y].[Y]. The van der Waals surface area contributed by atoms with E-state index in [1.54, 1.807) is 50.0 Å². The fourth-order valence-corrected chi connectivity index (χ4v) is 8.41. The molecule has 3 heterocycles. The molecule has 0 aliphatic carbocycles. The van der Waals surface area contributed by atoms with Crippen molar-refractivity contribution in [1.82, 2.24) is 15.0 Å². The molecule has 4 radical (unpaired) electrons. The molecule has 0 fully saturated rings. The van der Waals surface area contributed by atoms with Crippen molar-refractivity contribution in [2.45, 2.75) is 122 Å². The van der Waals surface area contributed by atoms with E-state index in [9.17, 15) is 9.59 Å². The Hall–Kier alpha value is -5.29. The third-order valence-corrected chi connectivity index (χ3v) is 13.9. The van der Waals surface area contributed by atoms with Gasteiger partial charge in [-0.05, 0) is 180 Å². The van der Waals surface area contributed by atoms with Gasteiger partial charge in [-0.2, -0.15) is 0 Å². The van der Waals surface area contributed by atoms with Crippen molar-refractivity contribution in [2.24, 2.45) is 16.5 Å². The van der Waals surface area contributed by atoms with Crippen molar-refractivity contribution in [1.29, 1.82) is 5.41 Å². The number of aliphatic imine (C=N–C) groups is 1. The number of benzene rings is 8. The van der Waals surface area contributed by atoms with Gasteiger partial charge in [0.1, 0.15) is 11.6 Å². The van der Waals surface area contributed by atoms with Crippen LogP contribution in [0.4, 0.5) is 0 Å². The molecule has 0 unspecified atom stereocenters. The van der Waals surface area contributed by atoms with Gasteiger partial charge < -0.3 is 49.7 Å². The second-order valence-corrected chi connectivity index (χ2v) is 22.7. The van der Waals surface area contributed by atoms with E-state index in [1.807, 2.05) is 131 Å². The summed E-state index contributed by atoms with van der Waals surface area (Å²) in [5.41, 5.74) is 30.3. The Labute approximate surface area is 696 Å². The van der Waals surface area contributed by atoms with Crippen molar-refractivity contribution in [3.63, 3.8) is 0 Å². The van der Waals surface area contributed by atoms with E-state index in [0.29, 0.717) is 19.3 Å². The number of carbonyl (C=O) groups excluding carboxylic acids is 2. The number of aromatic nitrogens is 3.